The zero-order valence-corrected chi connectivity index (χ0v) is 17.4. The molecule has 4 aromatic rings. The first kappa shape index (κ1) is 19.7. The number of fused-ring (bicyclic) bond motifs is 1. The Bertz CT molecular complexity index is 1280. The normalized spacial score (nSPS) is 15.7. The molecule has 10 heteroatoms. The van der Waals surface area contributed by atoms with Crippen molar-refractivity contribution in [2.24, 2.45) is 0 Å². The lowest BCUT2D eigenvalue weighted by Crippen LogP contribution is -2.55. The zero-order valence-electron chi connectivity index (χ0n) is 16.5. The second kappa shape index (κ2) is 7.47. The number of hydrogen-bond acceptors (Lipinski definition) is 6. The summed E-state index contributed by atoms with van der Waals surface area (Å²) in [4.78, 5) is 10.8. The van der Waals surface area contributed by atoms with Crippen LogP contribution in [-0.2, 0) is 6.54 Å². The highest BCUT2D eigenvalue weighted by molar-refractivity contribution is 7.81. The highest BCUT2D eigenvalue weighted by Gasteiger charge is 2.44. The number of nitrogens with one attached hydrogen (secondary N) is 1. The molecule has 0 saturated carbocycles. The van der Waals surface area contributed by atoms with E-state index in [4.69, 9.17) is 16.7 Å². The lowest BCUT2D eigenvalue weighted by molar-refractivity contribution is -0.136. The molecular formula is C21H18F2N6OS. The maximum absolute atomic E-state index is 13.0. The molecule has 0 aliphatic carbocycles. The minimum atomic E-state index is -2.63. The lowest BCUT2D eigenvalue weighted by atomic mass is 10.1. The van der Waals surface area contributed by atoms with Crippen LogP contribution in [0.2, 0.25) is 0 Å². The Kier molecular flexibility index (Phi) is 4.75. The van der Waals surface area contributed by atoms with E-state index in [1.54, 1.807) is 11.1 Å². The standard InChI is InChI=1S/C21H18F2N6OS/c1-13-5-6-14(19-26-18(30-27-19)10-28-11-21(22,23)12-28)8-15(13)25-20(31)16-9-24-17-4-2-3-7-29(16)17/h2-9H,10-12H2,1H3,(H,25,31). The number of alkyl halides is 2. The Morgan fingerprint density at radius 3 is 2.90 bits per heavy atom. The van der Waals surface area contributed by atoms with Crippen LogP contribution in [0.25, 0.3) is 17.0 Å². The van der Waals surface area contributed by atoms with Crippen LogP contribution in [0, 0.1) is 6.92 Å². The fraction of sp³-hybridized carbons (Fsp3) is 0.238. The molecule has 1 aliphatic rings. The van der Waals surface area contributed by atoms with Crippen molar-refractivity contribution < 1.29 is 13.3 Å². The third-order valence-corrected chi connectivity index (χ3v) is 5.44. The predicted octanol–water partition coefficient (Wildman–Crippen LogP) is 3.93. The van der Waals surface area contributed by atoms with Crippen molar-refractivity contribution in [3.05, 3.63) is 65.9 Å². The molecular weight excluding hydrogens is 422 g/mol. The van der Waals surface area contributed by atoms with Crippen LogP contribution in [0.5, 0.6) is 0 Å². The number of benzene rings is 1. The van der Waals surface area contributed by atoms with Gasteiger partial charge in [-0.05, 0) is 30.7 Å². The lowest BCUT2D eigenvalue weighted by Gasteiger charge is -2.37. The van der Waals surface area contributed by atoms with Crippen LogP contribution < -0.4 is 5.32 Å². The first-order valence-corrected chi connectivity index (χ1v) is 10.1. The van der Waals surface area contributed by atoms with Gasteiger partial charge in [0.25, 0.3) is 5.92 Å². The molecule has 7 nitrogen and oxygen atoms in total. The van der Waals surface area contributed by atoms with Gasteiger partial charge in [0.1, 0.15) is 16.3 Å². The van der Waals surface area contributed by atoms with Crippen molar-refractivity contribution in [2.75, 3.05) is 18.4 Å². The fourth-order valence-corrected chi connectivity index (χ4v) is 3.79. The van der Waals surface area contributed by atoms with E-state index in [2.05, 4.69) is 20.4 Å². The van der Waals surface area contributed by atoms with Crippen LogP contribution in [0.3, 0.4) is 0 Å². The molecule has 0 atom stereocenters. The Balaban J connectivity index is 1.34. The maximum atomic E-state index is 13.0. The van der Waals surface area contributed by atoms with Crippen molar-refractivity contribution in [3.63, 3.8) is 0 Å². The summed E-state index contributed by atoms with van der Waals surface area (Å²) in [7, 11) is 0. The number of aryl methyl sites for hydroxylation is 1. The highest BCUT2D eigenvalue weighted by atomic mass is 32.1. The minimum Gasteiger partial charge on any atom is -0.345 e. The summed E-state index contributed by atoms with van der Waals surface area (Å²) in [5.74, 6) is -1.92. The van der Waals surface area contributed by atoms with Crippen LogP contribution in [-0.4, -0.2) is 48.4 Å². The van der Waals surface area contributed by atoms with Gasteiger partial charge in [0.2, 0.25) is 11.7 Å². The van der Waals surface area contributed by atoms with Crippen LogP contribution in [0.15, 0.2) is 53.3 Å². The molecule has 0 spiro atoms. The van der Waals surface area contributed by atoms with Gasteiger partial charge in [0.05, 0.1) is 25.8 Å². The summed E-state index contributed by atoms with van der Waals surface area (Å²) in [5.41, 5.74) is 4.13. The minimum absolute atomic E-state index is 0.206. The first-order valence-electron chi connectivity index (χ1n) is 9.65. The van der Waals surface area contributed by atoms with E-state index in [1.165, 1.54) is 0 Å². The summed E-state index contributed by atoms with van der Waals surface area (Å²) in [6.07, 6.45) is 3.64. The quantitative estimate of drug-likeness (QED) is 0.472. The Morgan fingerprint density at radius 2 is 2.10 bits per heavy atom. The molecule has 4 heterocycles. The van der Waals surface area contributed by atoms with Crippen molar-refractivity contribution in [2.45, 2.75) is 19.4 Å². The number of imidazole rings is 1. The number of pyridine rings is 1. The number of nitrogens with zero attached hydrogens (tertiary/aromatic N) is 5. The number of rotatable bonds is 5. The average molecular weight is 440 g/mol. The van der Waals surface area contributed by atoms with E-state index in [1.807, 2.05) is 53.9 Å². The number of thiocarbonyl (C=S) groups is 1. The van der Waals surface area contributed by atoms with Crippen molar-refractivity contribution in [1.29, 1.82) is 0 Å². The summed E-state index contributed by atoms with van der Waals surface area (Å²) >= 11 is 5.60. The van der Waals surface area contributed by atoms with Crippen molar-refractivity contribution >= 4 is 28.5 Å². The largest absolute Gasteiger partial charge is 0.345 e. The first-order chi connectivity index (χ1) is 14.9. The van der Waals surface area contributed by atoms with Crippen molar-refractivity contribution in [3.8, 4) is 11.4 Å². The second-order valence-corrected chi connectivity index (χ2v) is 7.98. The molecule has 31 heavy (non-hydrogen) atoms. The molecule has 0 unspecified atom stereocenters. The van der Waals surface area contributed by atoms with E-state index >= 15 is 0 Å². The summed E-state index contributed by atoms with van der Waals surface area (Å²) in [5, 5.41) is 7.27. The van der Waals surface area contributed by atoms with Gasteiger partial charge in [-0.3, -0.25) is 9.30 Å². The predicted molar refractivity (Wildman–Crippen MR) is 115 cm³/mol. The highest BCUT2D eigenvalue weighted by Crippen LogP contribution is 2.29. The number of aromatic nitrogens is 4. The smallest absolute Gasteiger partial charge is 0.272 e. The molecule has 5 rings (SSSR count). The molecule has 0 radical (unpaired) electrons. The SMILES string of the molecule is Cc1ccc(-c2noc(CN3CC(F)(F)C3)n2)cc1NC(=S)c1cnc2ccccn12. The molecule has 1 N–H and O–H groups in total. The summed E-state index contributed by atoms with van der Waals surface area (Å²) in [6.45, 7) is 1.60. The molecule has 0 bridgehead atoms. The van der Waals surface area contributed by atoms with E-state index in [9.17, 15) is 8.78 Å². The zero-order chi connectivity index (χ0) is 21.6. The number of halogens is 2. The van der Waals surface area contributed by atoms with E-state index < -0.39 is 5.92 Å². The Hall–Kier alpha value is -3.24. The van der Waals surface area contributed by atoms with E-state index in [-0.39, 0.29) is 19.6 Å². The van der Waals surface area contributed by atoms with Gasteiger partial charge in [0.15, 0.2) is 0 Å². The summed E-state index contributed by atoms with van der Waals surface area (Å²) < 4.78 is 33.2. The third kappa shape index (κ3) is 3.91. The van der Waals surface area contributed by atoms with E-state index in [0.717, 1.165) is 28.2 Å². The van der Waals surface area contributed by atoms with Gasteiger partial charge in [0, 0.05) is 17.4 Å². The average Bonchev–Trinajstić information content (AvgIpc) is 3.35. The van der Waals surface area contributed by atoms with Gasteiger partial charge >= 0.3 is 0 Å². The van der Waals surface area contributed by atoms with Crippen LogP contribution in [0.4, 0.5) is 14.5 Å². The molecule has 3 aromatic heterocycles. The number of hydrogen-bond donors (Lipinski definition) is 1. The van der Waals surface area contributed by atoms with Gasteiger partial charge in [-0.25, -0.2) is 13.8 Å². The number of anilines is 1. The van der Waals surface area contributed by atoms with Gasteiger partial charge in [-0.1, -0.05) is 35.6 Å². The fourth-order valence-electron chi connectivity index (χ4n) is 3.53. The van der Waals surface area contributed by atoms with Gasteiger partial charge in [-0.2, -0.15) is 4.98 Å². The Labute approximate surface area is 181 Å². The van der Waals surface area contributed by atoms with Gasteiger partial charge in [-0.15, -0.1) is 0 Å². The monoisotopic (exact) mass is 440 g/mol. The third-order valence-electron chi connectivity index (χ3n) is 5.13. The van der Waals surface area contributed by atoms with Gasteiger partial charge < -0.3 is 9.84 Å². The molecule has 1 aliphatic heterocycles. The molecule has 158 valence electrons. The number of likely N-dealkylation sites (tertiary alicyclic amines) is 1. The van der Waals surface area contributed by atoms with Crippen molar-refractivity contribution in [1.82, 2.24) is 24.4 Å². The Morgan fingerprint density at radius 1 is 1.26 bits per heavy atom. The molecule has 1 aromatic carbocycles. The van der Waals surface area contributed by atoms with Crippen LogP contribution in [0.1, 0.15) is 17.1 Å². The topological polar surface area (TPSA) is 71.5 Å². The molecule has 0 amide bonds. The second-order valence-electron chi connectivity index (χ2n) is 7.57. The molecule has 1 fully saturated rings. The summed E-state index contributed by atoms with van der Waals surface area (Å²) in [6, 6.07) is 11.4. The maximum Gasteiger partial charge on any atom is 0.272 e. The van der Waals surface area contributed by atoms with E-state index in [0.29, 0.717) is 16.7 Å². The molecule has 1 saturated heterocycles. The van der Waals surface area contributed by atoms with Crippen LogP contribution >= 0.6 is 12.2 Å².